The van der Waals surface area contributed by atoms with Crippen LogP contribution >= 0.6 is 11.3 Å². The number of aromatic nitrogens is 4. The van der Waals surface area contributed by atoms with Gasteiger partial charge in [-0.05, 0) is 31.0 Å². The zero-order chi connectivity index (χ0) is 15.1. The lowest BCUT2D eigenvalue weighted by Crippen LogP contribution is -2.38. The lowest BCUT2D eigenvalue weighted by molar-refractivity contribution is 0.205. The summed E-state index contributed by atoms with van der Waals surface area (Å²) in [7, 11) is 0. The highest BCUT2D eigenvalue weighted by atomic mass is 32.1. The van der Waals surface area contributed by atoms with Crippen LogP contribution in [-0.4, -0.2) is 37.6 Å². The van der Waals surface area contributed by atoms with Crippen LogP contribution < -0.4 is 5.32 Å². The van der Waals surface area contributed by atoms with E-state index >= 15 is 0 Å². The van der Waals surface area contributed by atoms with E-state index in [4.69, 9.17) is 0 Å². The van der Waals surface area contributed by atoms with E-state index in [0.29, 0.717) is 18.2 Å². The molecule has 4 rings (SSSR count). The van der Waals surface area contributed by atoms with Crippen molar-refractivity contribution in [2.24, 2.45) is 0 Å². The van der Waals surface area contributed by atoms with E-state index in [9.17, 15) is 4.79 Å². The second-order valence-corrected chi connectivity index (χ2v) is 6.25. The van der Waals surface area contributed by atoms with Gasteiger partial charge in [0.1, 0.15) is 10.3 Å². The van der Waals surface area contributed by atoms with Crippen LogP contribution in [0.25, 0.3) is 10.3 Å². The maximum atomic E-state index is 12.4. The standard InChI is InChI=1S/C14H14N6OS/c1-8-2-3-10-12(16-8)22-13(17-10)18-14(21)20-5-4-9-6-15-19-11(9)7-20/h2-3,6H,4-5,7H2,1H3,(H,15,19)(H,17,18,21). The van der Waals surface area contributed by atoms with Crippen LogP contribution in [0.1, 0.15) is 17.0 Å². The number of fused-ring (bicyclic) bond motifs is 2. The van der Waals surface area contributed by atoms with Crippen molar-refractivity contribution in [3.8, 4) is 0 Å². The summed E-state index contributed by atoms with van der Waals surface area (Å²) in [5, 5.41) is 10.4. The van der Waals surface area contributed by atoms with Gasteiger partial charge in [-0.15, -0.1) is 0 Å². The number of urea groups is 1. The maximum Gasteiger partial charge on any atom is 0.324 e. The minimum absolute atomic E-state index is 0.143. The average molecular weight is 314 g/mol. The van der Waals surface area contributed by atoms with Crippen LogP contribution in [0.3, 0.4) is 0 Å². The summed E-state index contributed by atoms with van der Waals surface area (Å²) < 4.78 is 0. The lowest BCUT2D eigenvalue weighted by Gasteiger charge is -2.26. The monoisotopic (exact) mass is 314 g/mol. The number of nitrogens with one attached hydrogen (secondary N) is 2. The molecule has 0 atom stereocenters. The van der Waals surface area contributed by atoms with Gasteiger partial charge in [-0.3, -0.25) is 10.4 Å². The van der Waals surface area contributed by atoms with Crippen LogP contribution in [0.15, 0.2) is 18.3 Å². The Bertz CT molecular complexity index is 854. The Morgan fingerprint density at radius 1 is 1.41 bits per heavy atom. The molecule has 112 valence electrons. The third kappa shape index (κ3) is 2.31. The summed E-state index contributed by atoms with van der Waals surface area (Å²) in [5.41, 5.74) is 3.93. The van der Waals surface area contributed by atoms with Gasteiger partial charge in [0.25, 0.3) is 0 Å². The minimum atomic E-state index is -0.143. The van der Waals surface area contributed by atoms with Crippen LogP contribution in [0.4, 0.5) is 9.93 Å². The van der Waals surface area contributed by atoms with Crippen molar-refractivity contribution in [2.45, 2.75) is 19.9 Å². The SMILES string of the molecule is Cc1ccc2nc(NC(=O)N3CCc4cn[nH]c4C3)sc2n1. The number of hydrogen-bond acceptors (Lipinski definition) is 5. The fraction of sp³-hybridized carbons (Fsp3) is 0.286. The first-order valence-corrected chi connectivity index (χ1v) is 7.82. The molecule has 0 aromatic carbocycles. The molecule has 0 saturated carbocycles. The molecule has 2 amide bonds. The van der Waals surface area contributed by atoms with Crippen molar-refractivity contribution < 1.29 is 4.79 Å². The van der Waals surface area contributed by atoms with Gasteiger partial charge >= 0.3 is 6.03 Å². The first-order valence-electron chi connectivity index (χ1n) is 7.00. The molecule has 0 bridgehead atoms. The van der Waals surface area contributed by atoms with Crippen molar-refractivity contribution in [3.63, 3.8) is 0 Å². The number of nitrogens with zero attached hydrogens (tertiary/aromatic N) is 4. The quantitative estimate of drug-likeness (QED) is 0.721. The molecule has 2 N–H and O–H groups in total. The summed E-state index contributed by atoms with van der Waals surface area (Å²) in [6.45, 7) is 3.16. The summed E-state index contributed by atoms with van der Waals surface area (Å²) in [4.78, 5) is 23.8. The lowest BCUT2D eigenvalue weighted by atomic mass is 10.1. The molecule has 0 aliphatic carbocycles. The molecule has 3 aromatic rings. The van der Waals surface area contributed by atoms with E-state index in [1.807, 2.05) is 25.3 Å². The zero-order valence-corrected chi connectivity index (χ0v) is 12.8. The molecule has 1 aliphatic rings. The predicted octanol–water partition coefficient (Wildman–Crippen LogP) is 2.31. The number of hydrogen-bond donors (Lipinski definition) is 2. The smallest absolute Gasteiger partial charge is 0.318 e. The molecule has 7 nitrogen and oxygen atoms in total. The summed E-state index contributed by atoms with van der Waals surface area (Å²) in [6.07, 6.45) is 2.64. The van der Waals surface area contributed by atoms with Gasteiger partial charge in [-0.25, -0.2) is 14.8 Å². The number of carbonyl (C=O) groups is 1. The molecule has 0 fully saturated rings. The van der Waals surface area contributed by atoms with Gasteiger partial charge in [0.2, 0.25) is 0 Å². The zero-order valence-electron chi connectivity index (χ0n) is 12.0. The number of amides is 2. The van der Waals surface area contributed by atoms with Crippen molar-refractivity contribution in [3.05, 3.63) is 35.3 Å². The van der Waals surface area contributed by atoms with Crippen molar-refractivity contribution >= 4 is 32.8 Å². The van der Waals surface area contributed by atoms with E-state index in [2.05, 4.69) is 25.5 Å². The van der Waals surface area contributed by atoms with Gasteiger partial charge in [0.05, 0.1) is 18.4 Å². The normalized spacial score (nSPS) is 14.1. The number of aryl methyl sites for hydroxylation is 1. The molecule has 1 aliphatic heterocycles. The van der Waals surface area contributed by atoms with Gasteiger partial charge in [0.15, 0.2) is 5.13 Å². The third-order valence-corrected chi connectivity index (χ3v) is 4.58. The number of anilines is 1. The van der Waals surface area contributed by atoms with Crippen molar-refractivity contribution in [1.82, 2.24) is 25.1 Å². The third-order valence-electron chi connectivity index (χ3n) is 3.70. The van der Waals surface area contributed by atoms with Gasteiger partial charge < -0.3 is 4.90 Å². The molecule has 0 radical (unpaired) electrons. The number of rotatable bonds is 1. The molecular weight excluding hydrogens is 300 g/mol. The fourth-order valence-electron chi connectivity index (χ4n) is 2.52. The van der Waals surface area contributed by atoms with Gasteiger partial charge in [-0.1, -0.05) is 11.3 Å². The Morgan fingerprint density at radius 3 is 3.23 bits per heavy atom. The molecule has 8 heteroatoms. The molecular formula is C14H14N6OS. The van der Waals surface area contributed by atoms with Gasteiger partial charge in [0, 0.05) is 12.2 Å². The molecule has 0 unspecified atom stereocenters. The maximum absolute atomic E-state index is 12.4. The summed E-state index contributed by atoms with van der Waals surface area (Å²) in [5.74, 6) is 0. The molecule has 0 spiro atoms. The van der Waals surface area contributed by atoms with Crippen molar-refractivity contribution in [1.29, 1.82) is 0 Å². The van der Waals surface area contributed by atoms with E-state index in [0.717, 1.165) is 28.2 Å². The van der Waals surface area contributed by atoms with E-state index in [1.54, 1.807) is 4.90 Å². The van der Waals surface area contributed by atoms with Gasteiger partial charge in [-0.2, -0.15) is 5.10 Å². The minimum Gasteiger partial charge on any atom is -0.318 e. The molecule has 0 saturated heterocycles. The van der Waals surface area contributed by atoms with E-state index < -0.39 is 0 Å². The molecule has 3 aromatic heterocycles. The van der Waals surface area contributed by atoms with Crippen LogP contribution in [-0.2, 0) is 13.0 Å². The van der Waals surface area contributed by atoms with Crippen LogP contribution in [0, 0.1) is 6.92 Å². The first kappa shape index (κ1) is 13.2. The largest absolute Gasteiger partial charge is 0.324 e. The number of thiazole rings is 1. The topological polar surface area (TPSA) is 86.8 Å². The van der Waals surface area contributed by atoms with E-state index in [1.165, 1.54) is 16.9 Å². The van der Waals surface area contributed by atoms with Crippen LogP contribution in [0.2, 0.25) is 0 Å². The van der Waals surface area contributed by atoms with Crippen molar-refractivity contribution in [2.75, 3.05) is 11.9 Å². The highest BCUT2D eigenvalue weighted by Crippen LogP contribution is 2.25. The Labute approximate surface area is 130 Å². The molecule has 4 heterocycles. The Kier molecular flexibility index (Phi) is 3.04. The number of carbonyl (C=O) groups excluding carboxylic acids is 1. The highest BCUT2D eigenvalue weighted by Gasteiger charge is 2.22. The Balaban J connectivity index is 1.51. The van der Waals surface area contributed by atoms with Crippen LogP contribution in [0.5, 0.6) is 0 Å². The van der Waals surface area contributed by atoms with E-state index in [-0.39, 0.29) is 6.03 Å². The molecule has 22 heavy (non-hydrogen) atoms. The predicted molar refractivity (Wildman–Crippen MR) is 83.9 cm³/mol. The highest BCUT2D eigenvalue weighted by molar-refractivity contribution is 7.21. The summed E-state index contributed by atoms with van der Waals surface area (Å²) in [6, 6.07) is 3.69. The number of H-pyrrole nitrogens is 1. The second-order valence-electron chi connectivity index (χ2n) is 5.27. The first-order chi connectivity index (χ1) is 10.7. The Hall–Kier alpha value is -2.48. The fourth-order valence-corrected chi connectivity index (χ4v) is 3.40. The Morgan fingerprint density at radius 2 is 2.32 bits per heavy atom. The summed E-state index contributed by atoms with van der Waals surface area (Å²) >= 11 is 1.39. The number of aromatic amines is 1. The average Bonchev–Trinajstić information content (AvgIpc) is 3.11. The number of pyridine rings is 1. The second kappa shape index (κ2) is 5.06.